The van der Waals surface area contributed by atoms with Crippen molar-refractivity contribution < 1.29 is 9.53 Å². The molecular formula is C26H20BrN3O2. The molecule has 1 N–H and O–H groups in total. The van der Waals surface area contributed by atoms with Gasteiger partial charge in [-0.05, 0) is 76.8 Å². The lowest BCUT2D eigenvalue weighted by Crippen LogP contribution is -2.14. The number of hydrogen-bond acceptors (Lipinski definition) is 4. The quantitative estimate of drug-likeness (QED) is 0.339. The minimum Gasteiger partial charge on any atom is -0.488 e. The number of aryl methyl sites for hydroxylation is 1. The fraction of sp³-hybridized carbons (Fsp3) is 0.115. The van der Waals surface area contributed by atoms with E-state index in [0.29, 0.717) is 27.0 Å². The lowest BCUT2D eigenvalue weighted by Gasteiger charge is -2.11. The lowest BCUT2D eigenvalue weighted by molar-refractivity contribution is -0.112. The van der Waals surface area contributed by atoms with Gasteiger partial charge in [-0.25, -0.2) is 0 Å². The Labute approximate surface area is 195 Å². The highest BCUT2D eigenvalue weighted by atomic mass is 79.9. The van der Waals surface area contributed by atoms with Crippen LogP contribution in [0.4, 0.5) is 5.69 Å². The molecule has 0 aliphatic carbocycles. The molecule has 1 amide bonds. The summed E-state index contributed by atoms with van der Waals surface area (Å²) >= 11 is 3.47. The number of hydrogen-bond donors (Lipinski definition) is 1. The van der Waals surface area contributed by atoms with Gasteiger partial charge in [0.2, 0.25) is 0 Å². The first-order valence-electron chi connectivity index (χ1n) is 9.82. The molecule has 0 radical (unpaired) electrons. The Morgan fingerprint density at radius 1 is 1.09 bits per heavy atom. The topological polar surface area (TPSA) is 85.9 Å². The highest BCUT2D eigenvalue weighted by Crippen LogP contribution is 2.28. The molecule has 0 heterocycles. The van der Waals surface area contributed by atoms with E-state index in [2.05, 4.69) is 27.3 Å². The van der Waals surface area contributed by atoms with Crippen LogP contribution in [0, 0.1) is 36.5 Å². The Hall–Kier alpha value is -3.87. The van der Waals surface area contributed by atoms with Crippen LogP contribution in [0.1, 0.15) is 27.8 Å². The van der Waals surface area contributed by atoms with Gasteiger partial charge in [0, 0.05) is 11.3 Å². The Balaban J connectivity index is 1.75. The normalized spacial score (nSPS) is 10.7. The second kappa shape index (κ2) is 10.4. The van der Waals surface area contributed by atoms with E-state index in [1.54, 1.807) is 24.3 Å². The summed E-state index contributed by atoms with van der Waals surface area (Å²) in [5.41, 5.74) is 4.72. The maximum Gasteiger partial charge on any atom is 0.266 e. The number of benzene rings is 3. The van der Waals surface area contributed by atoms with Crippen molar-refractivity contribution >= 4 is 33.6 Å². The highest BCUT2D eigenvalue weighted by Gasteiger charge is 2.12. The average Bonchev–Trinajstić information content (AvgIpc) is 2.80. The van der Waals surface area contributed by atoms with Gasteiger partial charge in [0.1, 0.15) is 24.0 Å². The molecule has 0 saturated heterocycles. The molecule has 0 aromatic heterocycles. The molecule has 32 heavy (non-hydrogen) atoms. The molecule has 5 nitrogen and oxygen atoms in total. The number of nitriles is 2. The van der Waals surface area contributed by atoms with E-state index in [0.717, 1.165) is 16.7 Å². The lowest BCUT2D eigenvalue weighted by atomic mass is 10.1. The number of rotatable bonds is 6. The number of ether oxygens (including phenoxy) is 1. The number of amides is 1. The molecule has 3 rings (SSSR count). The molecule has 0 bridgehead atoms. The van der Waals surface area contributed by atoms with Crippen LogP contribution in [0.25, 0.3) is 6.08 Å². The molecule has 0 aliphatic rings. The summed E-state index contributed by atoms with van der Waals surface area (Å²) in [5, 5.41) is 21.5. The molecule has 0 fully saturated rings. The fourth-order valence-corrected chi connectivity index (χ4v) is 3.54. The number of nitrogens with one attached hydrogen (secondary N) is 1. The summed E-state index contributed by atoms with van der Waals surface area (Å²) in [7, 11) is 0. The first kappa shape index (κ1) is 22.8. The third-order valence-corrected chi connectivity index (χ3v) is 5.63. The third kappa shape index (κ3) is 5.43. The van der Waals surface area contributed by atoms with Gasteiger partial charge in [-0.15, -0.1) is 0 Å². The molecule has 0 saturated carbocycles. The van der Waals surface area contributed by atoms with Gasteiger partial charge < -0.3 is 10.1 Å². The van der Waals surface area contributed by atoms with Crippen LogP contribution >= 0.6 is 15.9 Å². The van der Waals surface area contributed by atoms with Crippen molar-refractivity contribution in [3.8, 4) is 17.9 Å². The number of anilines is 1. The van der Waals surface area contributed by atoms with Crippen molar-refractivity contribution in [3.05, 3.63) is 98.5 Å². The third-order valence-electron chi connectivity index (χ3n) is 5.01. The van der Waals surface area contributed by atoms with Gasteiger partial charge in [-0.1, -0.05) is 36.4 Å². The molecule has 0 atom stereocenters. The van der Waals surface area contributed by atoms with Gasteiger partial charge in [-0.3, -0.25) is 4.79 Å². The van der Waals surface area contributed by atoms with Crippen molar-refractivity contribution in [1.82, 2.24) is 0 Å². The van der Waals surface area contributed by atoms with Gasteiger partial charge in [0.05, 0.1) is 16.1 Å². The monoisotopic (exact) mass is 485 g/mol. The number of carbonyl (C=O) groups is 1. The van der Waals surface area contributed by atoms with Gasteiger partial charge >= 0.3 is 0 Å². The Morgan fingerprint density at radius 2 is 1.88 bits per heavy atom. The van der Waals surface area contributed by atoms with Crippen molar-refractivity contribution in [2.75, 3.05) is 5.32 Å². The zero-order valence-electron chi connectivity index (χ0n) is 17.6. The molecular weight excluding hydrogens is 466 g/mol. The first-order chi connectivity index (χ1) is 15.4. The van der Waals surface area contributed by atoms with Crippen molar-refractivity contribution in [2.45, 2.75) is 20.5 Å². The van der Waals surface area contributed by atoms with E-state index in [1.807, 2.05) is 56.3 Å². The van der Waals surface area contributed by atoms with Crippen LogP contribution in [-0.2, 0) is 11.4 Å². The molecule has 158 valence electrons. The van der Waals surface area contributed by atoms with Crippen LogP contribution in [0.2, 0.25) is 0 Å². The van der Waals surface area contributed by atoms with Crippen LogP contribution < -0.4 is 10.1 Å². The van der Waals surface area contributed by atoms with E-state index in [-0.39, 0.29) is 12.2 Å². The van der Waals surface area contributed by atoms with Gasteiger partial charge in [0.15, 0.2) is 0 Å². The smallest absolute Gasteiger partial charge is 0.266 e. The van der Waals surface area contributed by atoms with E-state index in [9.17, 15) is 15.3 Å². The minimum absolute atomic E-state index is 0.00516. The summed E-state index contributed by atoms with van der Waals surface area (Å²) in [4.78, 5) is 12.6. The Morgan fingerprint density at radius 3 is 2.59 bits per heavy atom. The van der Waals surface area contributed by atoms with Gasteiger partial charge in [0.25, 0.3) is 5.91 Å². The van der Waals surface area contributed by atoms with E-state index >= 15 is 0 Å². The molecule has 0 aliphatic heterocycles. The zero-order chi connectivity index (χ0) is 23.1. The van der Waals surface area contributed by atoms with Gasteiger partial charge in [-0.2, -0.15) is 10.5 Å². The first-order valence-corrected chi connectivity index (χ1v) is 10.6. The maximum atomic E-state index is 12.6. The summed E-state index contributed by atoms with van der Waals surface area (Å²) in [6.45, 7) is 4.14. The number of carbonyl (C=O) groups excluding carboxylic acids is 1. The summed E-state index contributed by atoms with van der Waals surface area (Å²) < 4.78 is 6.51. The van der Waals surface area contributed by atoms with E-state index < -0.39 is 5.91 Å². The summed E-state index contributed by atoms with van der Waals surface area (Å²) in [5.74, 6) is 0.124. The SMILES string of the molecule is Cc1cccc(NC(=O)/C(C#N)=C/c2ccc(OCc3ccccc3C#N)c(Br)c2)c1C. The molecule has 3 aromatic carbocycles. The zero-order valence-corrected chi connectivity index (χ0v) is 19.2. The number of halogens is 1. The summed E-state index contributed by atoms with van der Waals surface area (Å²) in [6, 6.07) is 22.3. The molecule has 0 spiro atoms. The maximum absolute atomic E-state index is 12.6. The van der Waals surface area contributed by atoms with Crippen LogP contribution in [0.15, 0.2) is 70.7 Å². The van der Waals surface area contributed by atoms with Crippen LogP contribution in [0.5, 0.6) is 5.75 Å². The predicted octanol–water partition coefficient (Wildman–Crippen LogP) is 6.06. The van der Waals surface area contributed by atoms with Crippen LogP contribution in [0.3, 0.4) is 0 Å². The van der Waals surface area contributed by atoms with Crippen molar-refractivity contribution in [2.24, 2.45) is 0 Å². The molecule has 6 heteroatoms. The van der Waals surface area contributed by atoms with E-state index in [1.165, 1.54) is 6.08 Å². The standard InChI is InChI=1S/C26H20BrN3O2/c1-17-6-5-9-24(18(17)2)30-26(31)22(15-29)12-19-10-11-25(23(27)13-19)32-16-21-8-4-3-7-20(21)14-28/h3-13H,16H2,1-2H3,(H,30,31)/b22-12+. The van der Waals surface area contributed by atoms with Crippen LogP contribution in [-0.4, -0.2) is 5.91 Å². The fourth-order valence-electron chi connectivity index (χ4n) is 3.03. The predicted molar refractivity (Wildman–Crippen MR) is 128 cm³/mol. The second-order valence-electron chi connectivity index (χ2n) is 7.12. The number of nitrogens with zero attached hydrogens (tertiary/aromatic N) is 2. The molecule has 3 aromatic rings. The van der Waals surface area contributed by atoms with Crippen molar-refractivity contribution in [1.29, 1.82) is 10.5 Å². The summed E-state index contributed by atoms with van der Waals surface area (Å²) in [6.07, 6.45) is 1.53. The average molecular weight is 486 g/mol. The van der Waals surface area contributed by atoms with E-state index in [4.69, 9.17) is 4.74 Å². The largest absolute Gasteiger partial charge is 0.488 e. The Kier molecular flexibility index (Phi) is 7.44. The minimum atomic E-state index is -0.467. The highest BCUT2D eigenvalue weighted by molar-refractivity contribution is 9.10. The Bertz CT molecular complexity index is 1280. The van der Waals surface area contributed by atoms with Crippen molar-refractivity contribution in [3.63, 3.8) is 0 Å². The molecule has 0 unspecified atom stereocenters. The second-order valence-corrected chi connectivity index (χ2v) is 7.97.